The Kier molecular flexibility index (Phi) is 4.45. The van der Waals surface area contributed by atoms with Gasteiger partial charge in [0.1, 0.15) is 6.10 Å². The van der Waals surface area contributed by atoms with Gasteiger partial charge in [0.2, 0.25) is 0 Å². The van der Waals surface area contributed by atoms with Gasteiger partial charge in [-0.2, -0.15) is 0 Å². The van der Waals surface area contributed by atoms with E-state index in [4.69, 9.17) is 0 Å². The van der Waals surface area contributed by atoms with Crippen LogP contribution >= 0.6 is 11.8 Å². The van der Waals surface area contributed by atoms with Gasteiger partial charge in [-0.15, -0.1) is 11.8 Å². The van der Waals surface area contributed by atoms with Crippen LogP contribution in [0, 0.1) is 0 Å². The topological polar surface area (TPSA) is 40.5 Å². The quantitative estimate of drug-likeness (QED) is 0.752. The smallest absolute Gasteiger partial charge is 0.105 e. The average Bonchev–Trinajstić information content (AvgIpc) is 2.18. The minimum absolute atomic E-state index is 0.723. The molecule has 0 fully saturated rings. The Morgan fingerprint density at radius 2 is 1.79 bits per heavy atom. The number of thioether (sulfide) groups is 1. The second kappa shape index (κ2) is 5.39. The van der Waals surface area contributed by atoms with E-state index < -0.39 is 12.2 Å². The highest BCUT2D eigenvalue weighted by Gasteiger charge is 2.12. The van der Waals surface area contributed by atoms with Crippen LogP contribution in [0.5, 0.6) is 0 Å². The molecule has 0 saturated carbocycles. The maximum absolute atomic E-state index is 9.56. The Labute approximate surface area is 89.0 Å². The fourth-order valence-electron chi connectivity index (χ4n) is 1.21. The third kappa shape index (κ3) is 3.01. The number of benzene rings is 1. The molecule has 0 aromatic heterocycles. The van der Waals surface area contributed by atoms with Crippen molar-refractivity contribution in [2.45, 2.75) is 31.0 Å². The normalized spacial score (nSPS) is 15.1. The first-order valence-electron chi connectivity index (χ1n) is 4.74. The first kappa shape index (κ1) is 11.6. The Morgan fingerprint density at radius 3 is 2.21 bits per heavy atom. The zero-order chi connectivity index (χ0) is 10.6. The molecule has 0 aliphatic carbocycles. The molecule has 0 bridgehead atoms. The highest BCUT2D eigenvalue weighted by molar-refractivity contribution is 7.99. The summed E-state index contributed by atoms with van der Waals surface area (Å²) in [7, 11) is 0. The van der Waals surface area contributed by atoms with Crippen LogP contribution in [0.1, 0.15) is 25.5 Å². The third-order valence-electron chi connectivity index (χ3n) is 1.99. The Morgan fingerprint density at radius 1 is 1.21 bits per heavy atom. The van der Waals surface area contributed by atoms with Crippen LogP contribution in [-0.4, -0.2) is 22.1 Å². The molecule has 14 heavy (non-hydrogen) atoms. The summed E-state index contributed by atoms with van der Waals surface area (Å²) >= 11 is 1.76. The molecule has 0 aliphatic rings. The van der Waals surface area contributed by atoms with E-state index in [2.05, 4.69) is 6.92 Å². The van der Waals surface area contributed by atoms with E-state index in [1.165, 1.54) is 4.90 Å². The number of hydrogen-bond acceptors (Lipinski definition) is 3. The van der Waals surface area contributed by atoms with Gasteiger partial charge in [0.25, 0.3) is 0 Å². The van der Waals surface area contributed by atoms with E-state index in [0.29, 0.717) is 0 Å². The van der Waals surface area contributed by atoms with Gasteiger partial charge >= 0.3 is 0 Å². The minimum Gasteiger partial charge on any atom is -0.390 e. The maximum atomic E-state index is 9.56. The monoisotopic (exact) mass is 212 g/mol. The lowest BCUT2D eigenvalue weighted by molar-refractivity contribution is 0.0305. The summed E-state index contributed by atoms with van der Waals surface area (Å²) in [5.74, 6) is 1.04. The van der Waals surface area contributed by atoms with E-state index in [1.54, 1.807) is 18.7 Å². The summed E-state index contributed by atoms with van der Waals surface area (Å²) in [5.41, 5.74) is 0.764. The number of aliphatic hydroxyl groups is 2. The molecule has 2 unspecified atom stereocenters. The summed E-state index contributed by atoms with van der Waals surface area (Å²) in [6.45, 7) is 3.68. The summed E-state index contributed by atoms with van der Waals surface area (Å²) in [5, 5.41) is 18.8. The second-order valence-electron chi connectivity index (χ2n) is 3.19. The van der Waals surface area contributed by atoms with Gasteiger partial charge in [0, 0.05) is 4.90 Å². The molecule has 1 rings (SSSR count). The molecule has 2 N–H and O–H groups in total. The minimum atomic E-state index is -0.782. The van der Waals surface area contributed by atoms with Gasteiger partial charge in [-0.3, -0.25) is 0 Å². The zero-order valence-electron chi connectivity index (χ0n) is 8.47. The highest BCUT2D eigenvalue weighted by atomic mass is 32.2. The van der Waals surface area contributed by atoms with Crippen molar-refractivity contribution in [3.8, 4) is 0 Å². The first-order chi connectivity index (χ1) is 6.65. The Balaban J connectivity index is 2.72. The van der Waals surface area contributed by atoms with E-state index >= 15 is 0 Å². The third-order valence-corrected chi connectivity index (χ3v) is 2.88. The predicted molar refractivity (Wildman–Crippen MR) is 59.5 cm³/mol. The molecule has 0 aliphatic heterocycles. The molecule has 3 heteroatoms. The van der Waals surface area contributed by atoms with Crippen LogP contribution in [0.3, 0.4) is 0 Å². The van der Waals surface area contributed by atoms with Gasteiger partial charge in [-0.05, 0) is 30.4 Å². The standard InChI is InChI=1S/C11H16O2S/c1-3-14-10-6-4-9(5-7-10)11(13)8(2)12/h4-8,11-13H,3H2,1-2H3. The highest BCUT2D eigenvalue weighted by Crippen LogP contribution is 2.22. The van der Waals surface area contributed by atoms with Crippen molar-refractivity contribution >= 4 is 11.8 Å². The number of aliphatic hydroxyl groups excluding tert-OH is 2. The lowest BCUT2D eigenvalue weighted by Gasteiger charge is -2.13. The fourth-order valence-corrected chi connectivity index (χ4v) is 1.87. The predicted octanol–water partition coefficient (Wildman–Crippen LogP) is 2.21. The van der Waals surface area contributed by atoms with Crippen molar-refractivity contribution in [2.24, 2.45) is 0 Å². The lowest BCUT2D eigenvalue weighted by atomic mass is 10.1. The van der Waals surface area contributed by atoms with E-state index in [1.807, 2.05) is 24.3 Å². The molecule has 0 heterocycles. The average molecular weight is 212 g/mol. The fraction of sp³-hybridized carbons (Fsp3) is 0.455. The van der Waals surface area contributed by atoms with Crippen molar-refractivity contribution in [1.29, 1.82) is 0 Å². The second-order valence-corrected chi connectivity index (χ2v) is 4.52. The summed E-state index contributed by atoms with van der Waals surface area (Å²) < 4.78 is 0. The molecule has 2 nitrogen and oxygen atoms in total. The van der Waals surface area contributed by atoms with E-state index in [0.717, 1.165) is 11.3 Å². The molecule has 1 aromatic rings. The van der Waals surface area contributed by atoms with Crippen molar-refractivity contribution in [3.05, 3.63) is 29.8 Å². The molecule has 2 atom stereocenters. The van der Waals surface area contributed by atoms with E-state index in [9.17, 15) is 10.2 Å². The zero-order valence-corrected chi connectivity index (χ0v) is 9.29. The molecular formula is C11H16O2S. The molecule has 0 spiro atoms. The van der Waals surface area contributed by atoms with Crippen molar-refractivity contribution in [2.75, 3.05) is 5.75 Å². The molecular weight excluding hydrogens is 196 g/mol. The summed E-state index contributed by atoms with van der Waals surface area (Å²) in [4.78, 5) is 1.19. The number of hydrogen-bond donors (Lipinski definition) is 2. The van der Waals surface area contributed by atoms with Gasteiger partial charge in [0.15, 0.2) is 0 Å². The van der Waals surface area contributed by atoms with Crippen LogP contribution in [-0.2, 0) is 0 Å². The molecule has 0 radical (unpaired) electrons. The van der Waals surface area contributed by atoms with Crippen LogP contribution in [0.25, 0.3) is 0 Å². The van der Waals surface area contributed by atoms with Gasteiger partial charge in [-0.25, -0.2) is 0 Å². The van der Waals surface area contributed by atoms with Crippen molar-refractivity contribution in [1.82, 2.24) is 0 Å². The largest absolute Gasteiger partial charge is 0.390 e. The Hall–Kier alpha value is -0.510. The van der Waals surface area contributed by atoms with Gasteiger partial charge in [-0.1, -0.05) is 19.1 Å². The van der Waals surface area contributed by atoms with Crippen LogP contribution < -0.4 is 0 Å². The lowest BCUT2D eigenvalue weighted by Crippen LogP contribution is -2.13. The van der Waals surface area contributed by atoms with Gasteiger partial charge < -0.3 is 10.2 Å². The summed E-state index contributed by atoms with van der Waals surface area (Å²) in [6.07, 6.45) is -1.50. The molecule has 78 valence electrons. The van der Waals surface area contributed by atoms with Crippen LogP contribution in [0.4, 0.5) is 0 Å². The van der Waals surface area contributed by atoms with E-state index in [-0.39, 0.29) is 0 Å². The number of rotatable bonds is 4. The van der Waals surface area contributed by atoms with Gasteiger partial charge in [0.05, 0.1) is 6.10 Å². The molecule has 1 aromatic carbocycles. The summed E-state index contributed by atoms with van der Waals surface area (Å²) in [6, 6.07) is 7.65. The Bertz CT molecular complexity index is 269. The maximum Gasteiger partial charge on any atom is 0.105 e. The van der Waals surface area contributed by atoms with Crippen molar-refractivity contribution in [3.63, 3.8) is 0 Å². The van der Waals surface area contributed by atoms with Crippen LogP contribution in [0.15, 0.2) is 29.2 Å². The first-order valence-corrected chi connectivity index (χ1v) is 5.72. The van der Waals surface area contributed by atoms with Crippen molar-refractivity contribution < 1.29 is 10.2 Å². The SMILES string of the molecule is CCSc1ccc(C(O)C(C)O)cc1. The van der Waals surface area contributed by atoms with Crippen LogP contribution in [0.2, 0.25) is 0 Å². The molecule has 0 saturated heterocycles. The molecule has 0 amide bonds.